The lowest BCUT2D eigenvalue weighted by molar-refractivity contribution is -0.364. The molecule has 0 aliphatic carbocycles. The summed E-state index contributed by atoms with van der Waals surface area (Å²) >= 11 is 0. The molecule has 0 bridgehead atoms. The molecule has 80 valence electrons. The van der Waals surface area contributed by atoms with Crippen LogP contribution in [0.2, 0.25) is 0 Å². The van der Waals surface area contributed by atoms with Crippen LogP contribution in [-0.2, 0) is 14.5 Å². The van der Waals surface area contributed by atoms with Crippen molar-refractivity contribution in [2.24, 2.45) is 0 Å². The molecule has 0 radical (unpaired) electrons. The maximum absolute atomic E-state index is 5.18. The summed E-state index contributed by atoms with van der Waals surface area (Å²) in [4.78, 5) is 15.3. The molecular weight excluding hydrogens is 172 g/mol. The fourth-order valence-electron chi connectivity index (χ4n) is 0.766. The fourth-order valence-corrected chi connectivity index (χ4v) is 0.766. The molecule has 5 heteroatoms. The lowest BCUT2D eigenvalue weighted by atomic mass is 10.7. The topological polar surface area (TPSA) is 43.0 Å². The van der Waals surface area contributed by atoms with Crippen LogP contribution in [0, 0.1) is 0 Å². The first-order valence-corrected chi connectivity index (χ1v) is 4.73. The minimum Gasteiger partial charge on any atom is -0.302 e. The quantitative estimate of drug-likeness (QED) is 0.431. The Hall–Kier alpha value is -0.200. The van der Waals surface area contributed by atoms with Gasteiger partial charge < -0.3 is 4.84 Å². The first kappa shape index (κ1) is 12.8. The molecule has 0 aliphatic heterocycles. The van der Waals surface area contributed by atoms with Crippen molar-refractivity contribution in [1.82, 2.24) is 10.7 Å². The molecule has 5 nitrogen and oxygen atoms in total. The van der Waals surface area contributed by atoms with Crippen molar-refractivity contribution in [1.29, 1.82) is 0 Å². The average molecular weight is 192 g/mol. The molecule has 0 spiro atoms. The zero-order valence-corrected chi connectivity index (χ0v) is 8.71. The van der Waals surface area contributed by atoms with E-state index in [2.05, 4.69) is 5.48 Å². The summed E-state index contributed by atoms with van der Waals surface area (Å²) in [7, 11) is 0. The fraction of sp³-hybridized carbons (Fsp3) is 1.00. The van der Waals surface area contributed by atoms with E-state index in [-0.39, 0.29) is 0 Å². The average Bonchev–Trinajstić information content (AvgIpc) is 2.13. The summed E-state index contributed by atoms with van der Waals surface area (Å²) in [6.07, 6.45) is 0. The number of hydrogen-bond donors (Lipinski definition) is 1. The normalized spacial score (nSPS) is 11.1. The Balaban J connectivity index is 3.33. The Kier molecular flexibility index (Phi) is 9.73. The van der Waals surface area contributed by atoms with E-state index in [0.29, 0.717) is 32.9 Å². The molecule has 0 aromatic carbocycles. The van der Waals surface area contributed by atoms with Crippen LogP contribution in [-0.4, -0.2) is 38.1 Å². The van der Waals surface area contributed by atoms with Gasteiger partial charge in [-0.25, -0.2) is 5.48 Å². The van der Waals surface area contributed by atoms with E-state index in [1.54, 1.807) is 0 Å². The highest BCUT2D eigenvalue weighted by atomic mass is 16.9. The summed E-state index contributed by atoms with van der Waals surface area (Å²) in [5.74, 6) is 0. The second-order valence-corrected chi connectivity index (χ2v) is 2.22. The third-order valence-electron chi connectivity index (χ3n) is 1.19. The largest absolute Gasteiger partial charge is 0.302 e. The minimum absolute atomic E-state index is 0.606. The summed E-state index contributed by atoms with van der Waals surface area (Å²) in [5.41, 5.74) is 2.78. The van der Waals surface area contributed by atoms with Gasteiger partial charge in [-0.15, -0.1) is 0 Å². The molecule has 0 aromatic rings. The Morgan fingerprint density at radius 3 is 2.08 bits per heavy atom. The molecule has 0 heterocycles. The smallest absolute Gasteiger partial charge is 0.0683 e. The number of hydrogen-bond acceptors (Lipinski definition) is 5. The van der Waals surface area contributed by atoms with E-state index in [1.165, 1.54) is 5.23 Å². The van der Waals surface area contributed by atoms with Gasteiger partial charge in [0.25, 0.3) is 0 Å². The predicted octanol–water partition coefficient (Wildman–Crippen LogP) is 0.732. The zero-order chi connectivity index (χ0) is 9.94. The molecule has 0 amide bonds. The van der Waals surface area contributed by atoms with Gasteiger partial charge in [-0.2, -0.15) is 0 Å². The summed E-state index contributed by atoms with van der Waals surface area (Å²) in [5, 5.41) is 1.46. The van der Waals surface area contributed by atoms with E-state index in [1.807, 2.05) is 20.8 Å². The van der Waals surface area contributed by atoms with Gasteiger partial charge >= 0.3 is 0 Å². The van der Waals surface area contributed by atoms with Gasteiger partial charge in [-0.1, -0.05) is 5.23 Å². The number of hydroxylamine groups is 3. The number of rotatable bonds is 9. The molecule has 0 unspecified atom stereocenters. The van der Waals surface area contributed by atoms with Crippen LogP contribution in [0.15, 0.2) is 0 Å². The van der Waals surface area contributed by atoms with Gasteiger partial charge in [0.15, 0.2) is 0 Å². The van der Waals surface area contributed by atoms with Crippen LogP contribution in [0.3, 0.4) is 0 Å². The van der Waals surface area contributed by atoms with Gasteiger partial charge in [0.05, 0.1) is 26.4 Å². The zero-order valence-electron chi connectivity index (χ0n) is 8.71. The Morgan fingerprint density at radius 2 is 1.62 bits per heavy atom. The summed E-state index contributed by atoms with van der Waals surface area (Å²) < 4.78 is 0. The van der Waals surface area contributed by atoms with E-state index in [0.717, 1.165) is 0 Å². The molecule has 0 aromatic heterocycles. The van der Waals surface area contributed by atoms with Gasteiger partial charge in [0, 0.05) is 6.54 Å². The molecule has 0 aliphatic rings. The predicted molar refractivity (Wildman–Crippen MR) is 49.6 cm³/mol. The van der Waals surface area contributed by atoms with Crippen LogP contribution in [0.5, 0.6) is 0 Å². The Morgan fingerprint density at radius 1 is 1.00 bits per heavy atom. The van der Waals surface area contributed by atoms with E-state index >= 15 is 0 Å². The first-order chi connectivity index (χ1) is 6.35. The standard InChI is InChI=1S/C8H20N2O3/c1-4-11-9-7-8-10(12-5-2)13-6-3/h9H,4-8H2,1-3H3. The van der Waals surface area contributed by atoms with Crippen molar-refractivity contribution in [3.05, 3.63) is 0 Å². The third-order valence-corrected chi connectivity index (χ3v) is 1.19. The first-order valence-electron chi connectivity index (χ1n) is 4.73. The van der Waals surface area contributed by atoms with E-state index in [4.69, 9.17) is 14.5 Å². The van der Waals surface area contributed by atoms with Crippen LogP contribution in [0.25, 0.3) is 0 Å². The SMILES string of the molecule is CCONCCN(OCC)OCC. The van der Waals surface area contributed by atoms with E-state index < -0.39 is 0 Å². The van der Waals surface area contributed by atoms with E-state index in [9.17, 15) is 0 Å². The Labute approximate surface area is 79.8 Å². The summed E-state index contributed by atoms with van der Waals surface area (Å²) in [6, 6.07) is 0. The van der Waals surface area contributed by atoms with Gasteiger partial charge in [0.1, 0.15) is 0 Å². The maximum atomic E-state index is 5.18. The molecule has 0 saturated heterocycles. The summed E-state index contributed by atoms with van der Waals surface area (Å²) in [6.45, 7) is 8.95. The second kappa shape index (κ2) is 9.88. The molecule has 13 heavy (non-hydrogen) atoms. The van der Waals surface area contributed by atoms with Crippen LogP contribution in [0.4, 0.5) is 0 Å². The monoisotopic (exact) mass is 192 g/mol. The molecular formula is C8H20N2O3. The van der Waals surface area contributed by atoms with Crippen molar-refractivity contribution in [3.8, 4) is 0 Å². The molecule has 0 fully saturated rings. The maximum Gasteiger partial charge on any atom is 0.0683 e. The van der Waals surface area contributed by atoms with Crippen LogP contribution >= 0.6 is 0 Å². The van der Waals surface area contributed by atoms with Crippen molar-refractivity contribution in [3.63, 3.8) is 0 Å². The third kappa shape index (κ3) is 8.14. The van der Waals surface area contributed by atoms with Gasteiger partial charge in [0.2, 0.25) is 0 Å². The Bertz CT molecular complexity index is 97.4. The molecule has 1 N–H and O–H groups in total. The minimum atomic E-state index is 0.606. The molecule has 0 saturated carbocycles. The highest BCUT2D eigenvalue weighted by Crippen LogP contribution is 1.90. The second-order valence-electron chi connectivity index (χ2n) is 2.22. The van der Waals surface area contributed by atoms with Crippen LogP contribution in [0.1, 0.15) is 20.8 Å². The molecule has 0 atom stereocenters. The van der Waals surface area contributed by atoms with Crippen molar-refractivity contribution in [2.75, 3.05) is 32.9 Å². The van der Waals surface area contributed by atoms with Crippen molar-refractivity contribution < 1.29 is 14.5 Å². The van der Waals surface area contributed by atoms with Gasteiger partial charge in [-0.3, -0.25) is 9.68 Å². The van der Waals surface area contributed by atoms with Crippen LogP contribution < -0.4 is 5.48 Å². The number of nitrogens with zero attached hydrogens (tertiary/aromatic N) is 1. The molecule has 0 rings (SSSR count). The number of nitrogens with one attached hydrogen (secondary N) is 1. The highest BCUT2D eigenvalue weighted by Gasteiger charge is 2.02. The highest BCUT2D eigenvalue weighted by molar-refractivity contribution is 4.35. The van der Waals surface area contributed by atoms with Gasteiger partial charge in [-0.05, 0) is 20.8 Å². The lowest BCUT2D eigenvalue weighted by Gasteiger charge is -2.19. The van der Waals surface area contributed by atoms with Crippen molar-refractivity contribution in [2.45, 2.75) is 20.8 Å². The van der Waals surface area contributed by atoms with Crippen molar-refractivity contribution >= 4 is 0 Å². The lowest BCUT2D eigenvalue weighted by Crippen LogP contribution is -2.32.